The van der Waals surface area contributed by atoms with Crippen molar-refractivity contribution in [1.29, 1.82) is 0 Å². The number of carboxylic acid groups (broad SMARTS) is 1. The molecule has 0 spiro atoms. The van der Waals surface area contributed by atoms with Gasteiger partial charge in [0.2, 0.25) is 5.91 Å². The Hall–Kier alpha value is -2.78. The number of nitrogens with one attached hydrogen (secondary N) is 1. The summed E-state index contributed by atoms with van der Waals surface area (Å²) in [7, 11) is 0. The van der Waals surface area contributed by atoms with Crippen LogP contribution >= 0.6 is 0 Å². The number of carbonyl (C=O) groups is 3. The molecule has 20 heavy (non-hydrogen) atoms. The Balaban J connectivity index is 2.81. The average molecular weight is 282 g/mol. The third-order valence-electron chi connectivity index (χ3n) is 2.27. The van der Waals surface area contributed by atoms with Crippen LogP contribution in [0.4, 0.5) is 10.7 Å². The van der Waals surface area contributed by atoms with Gasteiger partial charge in [-0.2, -0.15) is 5.10 Å². The highest BCUT2D eigenvalue weighted by Crippen LogP contribution is 2.03. The number of anilines is 1. The number of urea groups is 1. The van der Waals surface area contributed by atoms with E-state index in [0.29, 0.717) is 11.4 Å². The van der Waals surface area contributed by atoms with E-state index in [1.54, 1.807) is 13.8 Å². The molecule has 10 nitrogen and oxygen atoms in total. The fourth-order valence-corrected chi connectivity index (χ4v) is 1.24. The highest BCUT2D eigenvalue weighted by molar-refractivity contribution is 5.92. The van der Waals surface area contributed by atoms with Crippen molar-refractivity contribution in [3.8, 4) is 0 Å². The molecule has 108 valence electrons. The number of rotatable bonds is 5. The van der Waals surface area contributed by atoms with Crippen LogP contribution in [-0.2, 0) is 9.59 Å². The number of aromatic nitrogens is 3. The van der Waals surface area contributed by atoms with E-state index in [9.17, 15) is 14.4 Å². The van der Waals surface area contributed by atoms with Crippen LogP contribution in [0.25, 0.3) is 0 Å². The zero-order valence-corrected chi connectivity index (χ0v) is 11.0. The topological polar surface area (TPSA) is 151 Å². The average Bonchev–Trinajstić information content (AvgIpc) is 2.32. The standard InChI is InChI=1S/C10H14N6O4/c1-5-6(2)14-15-9(12-5)13-10(20)16(3-7(11)17)4-8(18)19/h3-4H2,1-2H3,(H2,11,17)(H,18,19)(H,12,13,15,20). The molecule has 1 heterocycles. The number of amides is 3. The van der Waals surface area contributed by atoms with E-state index in [4.69, 9.17) is 10.8 Å². The molecule has 0 unspecified atom stereocenters. The maximum atomic E-state index is 11.8. The molecule has 4 N–H and O–H groups in total. The van der Waals surface area contributed by atoms with E-state index < -0.39 is 31.0 Å². The van der Waals surface area contributed by atoms with Crippen molar-refractivity contribution in [2.75, 3.05) is 18.4 Å². The van der Waals surface area contributed by atoms with Crippen molar-refractivity contribution >= 4 is 23.9 Å². The Morgan fingerprint density at radius 3 is 2.35 bits per heavy atom. The van der Waals surface area contributed by atoms with E-state index in [1.807, 2.05) is 0 Å². The molecule has 1 aromatic heterocycles. The monoisotopic (exact) mass is 282 g/mol. The minimum atomic E-state index is -1.28. The molecule has 3 amide bonds. The Morgan fingerprint density at radius 2 is 1.85 bits per heavy atom. The summed E-state index contributed by atoms with van der Waals surface area (Å²) in [6.45, 7) is 2.17. The third-order valence-corrected chi connectivity index (χ3v) is 2.27. The van der Waals surface area contributed by atoms with Gasteiger partial charge in [0.05, 0.1) is 11.4 Å². The zero-order valence-electron chi connectivity index (χ0n) is 11.0. The van der Waals surface area contributed by atoms with E-state index in [1.165, 1.54) is 0 Å². The number of hydrogen-bond acceptors (Lipinski definition) is 6. The molecule has 0 aliphatic rings. The van der Waals surface area contributed by atoms with Crippen LogP contribution in [0.2, 0.25) is 0 Å². The molecular weight excluding hydrogens is 268 g/mol. The lowest BCUT2D eigenvalue weighted by molar-refractivity contribution is -0.137. The van der Waals surface area contributed by atoms with E-state index in [0.717, 1.165) is 4.90 Å². The van der Waals surface area contributed by atoms with Gasteiger partial charge in [-0.15, -0.1) is 5.10 Å². The summed E-state index contributed by atoms with van der Waals surface area (Å²) in [5.41, 5.74) is 6.11. The van der Waals surface area contributed by atoms with Crippen molar-refractivity contribution < 1.29 is 19.5 Å². The molecule has 0 aromatic carbocycles. The van der Waals surface area contributed by atoms with Crippen LogP contribution in [0, 0.1) is 13.8 Å². The Kier molecular flexibility index (Phi) is 4.89. The number of aryl methyl sites for hydroxylation is 2. The Labute approximate surface area is 114 Å². The predicted octanol–water partition coefficient (Wildman–Crippen LogP) is -1.11. The van der Waals surface area contributed by atoms with Crippen LogP contribution in [0.1, 0.15) is 11.4 Å². The molecule has 0 saturated carbocycles. The maximum Gasteiger partial charge on any atom is 0.325 e. The van der Waals surface area contributed by atoms with Crippen molar-refractivity contribution in [2.24, 2.45) is 5.73 Å². The van der Waals surface area contributed by atoms with Gasteiger partial charge in [-0.1, -0.05) is 0 Å². The number of carboxylic acids is 1. The van der Waals surface area contributed by atoms with Crippen LogP contribution in [0.15, 0.2) is 0 Å². The van der Waals surface area contributed by atoms with Crippen molar-refractivity contribution in [3.05, 3.63) is 11.4 Å². The second kappa shape index (κ2) is 6.41. The first kappa shape index (κ1) is 15.3. The smallest absolute Gasteiger partial charge is 0.325 e. The first-order valence-corrected chi connectivity index (χ1v) is 5.53. The van der Waals surface area contributed by atoms with Gasteiger partial charge in [0, 0.05) is 0 Å². The van der Waals surface area contributed by atoms with Gasteiger partial charge >= 0.3 is 12.0 Å². The van der Waals surface area contributed by atoms with Gasteiger partial charge in [-0.3, -0.25) is 14.9 Å². The normalized spacial score (nSPS) is 9.90. The number of aliphatic carboxylic acids is 1. The van der Waals surface area contributed by atoms with Gasteiger partial charge in [0.15, 0.2) is 0 Å². The molecule has 0 aliphatic heterocycles. The van der Waals surface area contributed by atoms with Gasteiger partial charge in [-0.25, -0.2) is 9.78 Å². The minimum absolute atomic E-state index is 0.0852. The fourth-order valence-electron chi connectivity index (χ4n) is 1.24. The van der Waals surface area contributed by atoms with Crippen LogP contribution in [0.5, 0.6) is 0 Å². The van der Waals surface area contributed by atoms with Crippen LogP contribution < -0.4 is 11.1 Å². The van der Waals surface area contributed by atoms with Gasteiger partial charge in [-0.05, 0) is 13.8 Å². The number of primary amides is 1. The highest BCUT2D eigenvalue weighted by atomic mass is 16.4. The second-order valence-electron chi connectivity index (χ2n) is 3.95. The molecule has 1 rings (SSSR count). The predicted molar refractivity (Wildman–Crippen MR) is 66.7 cm³/mol. The van der Waals surface area contributed by atoms with E-state index >= 15 is 0 Å². The largest absolute Gasteiger partial charge is 0.480 e. The molecule has 0 saturated heterocycles. The summed E-state index contributed by atoms with van der Waals surface area (Å²) in [5, 5.41) is 18.3. The highest BCUT2D eigenvalue weighted by Gasteiger charge is 2.20. The fraction of sp³-hybridized carbons (Fsp3) is 0.400. The summed E-state index contributed by atoms with van der Waals surface area (Å²) < 4.78 is 0. The molecule has 0 aliphatic carbocycles. The molecule has 0 fully saturated rings. The molecule has 0 atom stereocenters. The quantitative estimate of drug-likeness (QED) is 0.619. The molecule has 0 radical (unpaired) electrons. The summed E-state index contributed by atoms with van der Waals surface area (Å²) in [4.78, 5) is 37.9. The first-order valence-electron chi connectivity index (χ1n) is 5.53. The zero-order chi connectivity index (χ0) is 15.3. The number of hydrogen-bond donors (Lipinski definition) is 3. The van der Waals surface area contributed by atoms with Gasteiger partial charge < -0.3 is 15.7 Å². The maximum absolute atomic E-state index is 11.8. The lowest BCUT2D eigenvalue weighted by atomic mass is 10.4. The Bertz CT molecular complexity index is 531. The summed E-state index contributed by atoms with van der Waals surface area (Å²) >= 11 is 0. The second-order valence-corrected chi connectivity index (χ2v) is 3.95. The van der Waals surface area contributed by atoms with Crippen LogP contribution in [-0.4, -0.2) is 56.2 Å². The Morgan fingerprint density at radius 1 is 1.20 bits per heavy atom. The summed E-state index contributed by atoms with van der Waals surface area (Å²) in [6.07, 6.45) is 0. The molecule has 1 aromatic rings. The van der Waals surface area contributed by atoms with Crippen molar-refractivity contribution in [3.63, 3.8) is 0 Å². The lowest BCUT2D eigenvalue weighted by Crippen LogP contribution is -2.44. The lowest BCUT2D eigenvalue weighted by Gasteiger charge is -2.18. The number of nitrogens with zero attached hydrogens (tertiary/aromatic N) is 4. The number of nitrogens with two attached hydrogens (primary N) is 1. The minimum Gasteiger partial charge on any atom is -0.480 e. The summed E-state index contributed by atoms with van der Waals surface area (Å²) in [5.74, 6) is -2.20. The third kappa shape index (κ3) is 4.48. The van der Waals surface area contributed by atoms with Crippen LogP contribution in [0.3, 0.4) is 0 Å². The van der Waals surface area contributed by atoms with E-state index in [2.05, 4.69) is 20.5 Å². The molecule has 0 bridgehead atoms. The van der Waals surface area contributed by atoms with Crippen molar-refractivity contribution in [1.82, 2.24) is 20.1 Å². The van der Waals surface area contributed by atoms with Gasteiger partial charge in [0.25, 0.3) is 5.95 Å². The molecule has 10 heteroatoms. The molecular formula is C10H14N6O4. The van der Waals surface area contributed by atoms with E-state index in [-0.39, 0.29) is 5.95 Å². The summed E-state index contributed by atoms with van der Waals surface area (Å²) in [6, 6.07) is -0.851. The first-order chi connectivity index (χ1) is 9.29. The number of carbonyl (C=O) groups excluding carboxylic acids is 2. The van der Waals surface area contributed by atoms with Gasteiger partial charge in [0.1, 0.15) is 13.1 Å². The SMILES string of the molecule is Cc1nnc(NC(=O)N(CC(N)=O)CC(=O)O)nc1C. The van der Waals surface area contributed by atoms with Crippen molar-refractivity contribution in [2.45, 2.75) is 13.8 Å².